The molecule has 0 radical (unpaired) electrons. The standard InChI is InChI=1S/C8H11NO3S/c1-6-7(5-9)3-2-4-8(6)13(10,11)12/h2-4H,5,9H2,1H3,(H,10,11,12). The number of hydrogen-bond acceptors (Lipinski definition) is 3. The Kier molecular flexibility index (Phi) is 2.70. The van der Waals surface area contributed by atoms with E-state index >= 15 is 0 Å². The fourth-order valence-electron chi connectivity index (χ4n) is 1.16. The first-order valence-electron chi connectivity index (χ1n) is 3.73. The van der Waals surface area contributed by atoms with E-state index in [4.69, 9.17) is 10.3 Å². The lowest BCUT2D eigenvalue weighted by Gasteiger charge is -2.06. The summed E-state index contributed by atoms with van der Waals surface area (Å²) in [4.78, 5) is -0.0737. The fourth-order valence-corrected chi connectivity index (χ4v) is 1.93. The summed E-state index contributed by atoms with van der Waals surface area (Å²) in [5, 5.41) is 0. The van der Waals surface area contributed by atoms with Gasteiger partial charge < -0.3 is 5.73 Å². The van der Waals surface area contributed by atoms with Crippen LogP contribution in [0, 0.1) is 6.92 Å². The molecular weight excluding hydrogens is 190 g/mol. The van der Waals surface area contributed by atoms with Gasteiger partial charge in [-0.2, -0.15) is 8.42 Å². The predicted molar refractivity (Wildman–Crippen MR) is 48.9 cm³/mol. The summed E-state index contributed by atoms with van der Waals surface area (Å²) in [6.45, 7) is 1.88. The van der Waals surface area contributed by atoms with Crippen molar-refractivity contribution >= 4 is 10.1 Å². The molecule has 0 aliphatic rings. The van der Waals surface area contributed by atoms with Crippen LogP contribution in [-0.4, -0.2) is 13.0 Å². The maximum absolute atomic E-state index is 10.8. The van der Waals surface area contributed by atoms with Gasteiger partial charge in [0.25, 0.3) is 10.1 Å². The molecule has 0 heterocycles. The Bertz CT molecular complexity index is 411. The summed E-state index contributed by atoms with van der Waals surface area (Å²) in [6.07, 6.45) is 0. The average Bonchev–Trinajstić information content (AvgIpc) is 2.02. The van der Waals surface area contributed by atoms with Gasteiger partial charge in [-0.15, -0.1) is 0 Å². The second-order valence-corrected chi connectivity index (χ2v) is 4.11. The van der Waals surface area contributed by atoms with E-state index in [1.807, 2.05) is 0 Å². The maximum atomic E-state index is 10.8. The minimum Gasteiger partial charge on any atom is -0.326 e. The van der Waals surface area contributed by atoms with Gasteiger partial charge in [-0.25, -0.2) is 0 Å². The fraction of sp³-hybridized carbons (Fsp3) is 0.250. The van der Waals surface area contributed by atoms with Crippen LogP contribution >= 0.6 is 0 Å². The highest BCUT2D eigenvalue weighted by Crippen LogP contribution is 2.17. The molecule has 0 unspecified atom stereocenters. The van der Waals surface area contributed by atoms with Crippen LogP contribution in [0.3, 0.4) is 0 Å². The Hall–Kier alpha value is -0.910. The van der Waals surface area contributed by atoms with Gasteiger partial charge in [0.05, 0.1) is 4.90 Å². The van der Waals surface area contributed by atoms with Crippen molar-refractivity contribution in [3.63, 3.8) is 0 Å². The van der Waals surface area contributed by atoms with E-state index < -0.39 is 10.1 Å². The molecule has 0 aliphatic carbocycles. The number of hydrogen-bond donors (Lipinski definition) is 2. The monoisotopic (exact) mass is 201 g/mol. The minimum atomic E-state index is -4.12. The van der Waals surface area contributed by atoms with E-state index in [1.54, 1.807) is 19.1 Å². The van der Waals surface area contributed by atoms with Gasteiger partial charge in [-0.05, 0) is 24.1 Å². The maximum Gasteiger partial charge on any atom is 0.294 e. The van der Waals surface area contributed by atoms with Gasteiger partial charge in [0.2, 0.25) is 0 Å². The Morgan fingerprint density at radius 3 is 2.54 bits per heavy atom. The molecule has 5 heteroatoms. The molecule has 1 aromatic carbocycles. The Labute approximate surface area is 77.1 Å². The summed E-state index contributed by atoms with van der Waals surface area (Å²) in [5.74, 6) is 0. The van der Waals surface area contributed by atoms with Crippen LogP contribution in [0.25, 0.3) is 0 Å². The smallest absolute Gasteiger partial charge is 0.294 e. The number of rotatable bonds is 2. The molecule has 72 valence electrons. The molecule has 4 nitrogen and oxygen atoms in total. The summed E-state index contributed by atoms with van der Waals surface area (Å²) in [5.41, 5.74) is 6.61. The van der Waals surface area contributed by atoms with Crippen LogP contribution in [0.5, 0.6) is 0 Å². The molecule has 1 aromatic rings. The van der Waals surface area contributed by atoms with E-state index in [9.17, 15) is 8.42 Å². The summed E-state index contributed by atoms with van der Waals surface area (Å²) in [6, 6.07) is 4.63. The van der Waals surface area contributed by atoms with E-state index in [1.165, 1.54) is 6.07 Å². The summed E-state index contributed by atoms with van der Waals surface area (Å²) in [7, 11) is -4.12. The van der Waals surface area contributed by atoms with Crippen molar-refractivity contribution in [2.24, 2.45) is 5.73 Å². The quantitative estimate of drug-likeness (QED) is 0.690. The molecule has 0 fully saturated rings. The summed E-state index contributed by atoms with van der Waals surface area (Å²) >= 11 is 0. The largest absolute Gasteiger partial charge is 0.326 e. The molecule has 0 aliphatic heterocycles. The molecular formula is C8H11NO3S. The van der Waals surface area contributed by atoms with Crippen molar-refractivity contribution in [1.29, 1.82) is 0 Å². The third-order valence-corrected chi connectivity index (χ3v) is 2.89. The Morgan fingerprint density at radius 2 is 2.08 bits per heavy atom. The van der Waals surface area contributed by atoms with Crippen molar-refractivity contribution in [2.75, 3.05) is 0 Å². The molecule has 13 heavy (non-hydrogen) atoms. The van der Waals surface area contributed by atoms with Gasteiger partial charge in [-0.3, -0.25) is 4.55 Å². The van der Waals surface area contributed by atoms with E-state index in [0.717, 1.165) is 5.56 Å². The number of nitrogens with two attached hydrogens (primary N) is 1. The first kappa shape index (κ1) is 10.2. The Balaban J connectivity index is 3.41. The zero-order chi connectivity index (χ0) is 10.1. The minimum absolute atomic E-state index is 0.0737. The lowest BCUT2D eigenvalue weighted by molar-refractivity contribution is 0.482. The highest BCUT2D eigenvalue weighted by molar-refractivity contribution is 7.85. The second-order valence-electron chi connectivity index (χ2n) is 2.72. The van der Waals surface area contributed by atoms with Crippen LogP contribution in [0.2, 0.25) is 0 Å². The first-order valence-corrected chi connectivity index (χ1v) is 5.17. The van der Waals surface area contributed by atoms with Gasteiger partial charge in [0.15, 0.2) is 0 Å². The average molecular weight is 201 g/mol. The first-order chi connectivity index (χ1) is 5.96. The van der Waals surface area contributed by atoms with Crippen molar-refractivity contribution in [3.8, 4) is 0 Å². The molecule has 0 aromatic heterocycles. The highest BCUT2D eigenvalue weighted by Gasteiger charge is 2.13. The van der Waals surface area contributed by atoms with Gasteiger partial charge in [0.1, 0.15) is 0 Å². The van der Waals surface area contributed by atoms with Crippen molar-refractivity contribution in [3.05, 3.63) is 29.3 Å². The van der Waals surface area contributed by atoms with Crippen molar-refractivity contribution in [2.45, 2.75) is 18.4 Å². The lowest BCUT2D eigenvalue weighted by Crippen LogP contribution is -2.06. The number of benzene rings is 1. The van der Waals surface area contributed by atoms with Crippen LogP contribution in [0.1, 0.15) is 11.1 Å². The van der Waals surface area contributed by atoms with Gasteiger partial charge >= 0.3 is 0 Å². The van der Waals surface area contributed by atoms with E-state index in [-0.39, 0.29) is 11.4 Å². The van der Waals surface area contributed by atoms with Gasteiger partial charge in [0, 0.05) is 6.54 Å². The molecule has 0 spiro atoms. The second kappa shape index (κ2) is 3.45. The zero-order valence-electron chi connectivity index (χ0n) is 7.19. The topological polar surface area (TPSA) is 80.4 Å². The van der Waals surface area contributed by atoms with Crippen LogP contribution in [0.15, 0.2) is 23.1 Å². The molecule has 0 atom stereocenters. The predicted octanol–water partition coefficient (Wildman–Crippen LogP) is 0.700. The van der Waals surface area contributed by atoms with Crippen molar-refractivity contribution < 1.29 is 13.0 Å². The third kappa shape index (κ3) is 2.06. The van der Waals surface area contributed by atoms with Crippen LogP contribution in [0.4, 0.5) is 0 Å². The van der Waals surface area contributed by atoms with Crippen LogP contribution < -0.4 is 5.73 Å². The summed E-state index contributed by atoms with van der Waals surface area (Å²) < 4.78 is 30.5. The van der Waals surface area contributed by atoms with Gasteiger partial charge in [-0.1, -0.05) is 12.1 Å². The van der Waals surface area contributed by atoms with Crippen LogP contribution in [-0.2, 0) is 16.7 Å². The normalized spacial score (nSPS) is 11.6. The molecule has 1 rings (SSSR count). The molecule has 0 saturated carbocycles. The lowest BCUT2D eigenvalue weighted by atomic mass is 10.1. The highest BCUT2D eigenvalue weighted by atomic mass is 32.2. The van der Waals surface area contributed by atoms with E-state index in [2.05, 4.69) is 0 Å². The molecule has 0 bridgehead atoms. The SMILES string of the molecule is Cc1c(CN)cccc1S(=O)(=O)O. The molecule has 0 saturated heterocycles. The Morgan fingerprint density at radius 1 is 1.46 bits per heavy atom. The van der Waals surface area contributed by atoms with Crippen molar-refractivity contribution in [1.82, 2.24) is 0 Å². The third-order valence-electron chi connectivity index (χ3n) is 1.89. The molecule has 3 N–H and O–H groups in total. The molecule has 0 amide bonds. The van der Waals surface area contributed by atoms with E-state index in [0.29, 0.717) is 5.56 Å². The zero-order valence-corrected chi connectivity index (χ0v) is 8.00.